The van der Waals surface area contributed by atoms with Crippen LogP contribution in [0.25, 0.3) is 5.57 Å². The van der Waals surface area contributed by atoms with Crippen LogP contribution in [-0.4, -0.2) is 67.4 Å². The molecule has 1 aromatic carbocycles. The van der Waals surface area contributed by atoms with E-state index in [2.05, 4.69) is 15.9 Å². The first-order chi connectivity index (χ1) is 10.8. The Kier molecular flexibility index (Phi) is 5.48. The van der Waals surface area contributed by atoms with Gasteiger partial charge in [0.15, 0.2) is 0 Å². The molecule has 0 bridgehead atoms. The highest BCUT2D eigenvalue weighted by atomic mass is 16.5. The number of ether oxygens (including phenoxy) is 1. The van der Waals surface area contributed by atoms with Gasteiger partial charge in [0.2, 0.25) is 0 Å². The molecule has 0 spiro atoms. The van der Waals surface area contributed by atoms with Gasteiger partial charge >= 0.3 is 0 Å². The predicted molar refractivity (Wildman–Crippen MR) is 89.0 cm³/mol. The molecular weight excluding hydrogens is 276 g/mol. The van der Waals surface area contributed by atoms with E-state index in [-0.39, 0.29) is 0 Å². The Bertz CT molecular complexity index is 492. The van der Waals surface area contributed by atoms with Gasteiger partial charge in [-0.25, -0.2) is 0 Å². The summed E-state index contributed by atoms with van der Waals surface area (Å²) in [6.07, 6.45) is 4.68. The molecule has 1 N–H and O–H groups in total. The minimum Gasteiger partial charge on any atom is -0.508 e. The minimum atomic E-state index is 0.338. The number of hydrogen-bond acceptors (Lipinski definition) is 4. The highest BCUT2D eigenvalue weighted by Crippen LogP contribution is 2.24. The second-order valence-electron chi connectivity index (χ2n) is 6.13. The van der Waals surface area contributed by atoms with Crippen molar-refractivity contribution in [3.8, 4) is 5.75 Å². The molecule has 2 aliphatic heterocycles. The van der Waals surface area contributed by atoms with E-state index in [1.807, 2.05) is 12.1 Å². The Morgan fingerprint density at radius 3 is 2.36 bits per heavy atom. The van der Waals surface area contributed by atoms with Crippen molar-refractivity contribution >= 4 is 5.57 Å². The molecule has 3 rings (SSSR count). The number of benzene rings is 1. The van der Waals surface area contributed by atoms with Gasteiger partial charge in [0.1, 0.15) is 5.75 Å². The average Bonchev–Trinajstić information content (AvgIpc) is 2.57. The minimum absolute atomic E-state index is 0.338. The maximum Gasteiger partial charge on any atom is 0.115 e. The van der Waals surface area contributed by atoms with Crippen LogP contribution >= 0.6 is 0 Å². The van der Waals surface area contributed by atoms with Crippen molar-refractivity contribution in [1.82, 2.24) is 9.80 Å². The van der Waals surface area contributed by atoms with E-state index in [1.165, 1.54) is 30.6 Å². The predicted octanol–water partition coefficient (Wildman–Crippen LogP) is 2.20. The summed E-state index contributed by atoms with van der Waals surface area (Å²) in [5.74, 6) is 0.338. The van der Waals surface area contributed by atoms with Crippen LogP contribution < -0.4 is 0 Å². The molecule has 4 nitrogen and oxygen atoms in total. The fourth-order valence-electron chi connectivity index (χ4n) is 3.19. The summed E-state index contributed by atoms with van der Waals surface area (Å²) in [4.78, 5) is 5.04. The lowest BCUT2D eigenvalue weighted by Crippen LogP contribution is -2.38. The third-order valence-electron chi connectivity index (χ3n) is 4.58. The first-order valence-corrected chi connectivity index (χ1v) is 8.32. The van der Waals surface area contributed by atoms with Gasteiger partial charge in [-0.05, 0) is 49.2 Å². The SMILES string of the molecule is Oc1ccc(C2=CCN(CCCN3CCOCC3)CC2)cc1. The zero-order valence-corrected chi connectivity index (χ0v) is 13.2. The van der Waals surface area contributed by atoms with Crippen molar-refractivity contribution in [2.75, 3.05) is 52.5 Å². The molecule has 0 radical (unpaired) electrons. The number of morpholine rings is 1. The van der Waals surface area contributed by atoms with Crippen molar-refractivity contribution in [2.24, 2.45) is 0 Å². The van der Waals surface area contributed by atoms with Crippen molar-refractivity contribution in [2.45, 2.75) is 12.8 Å². The van der Waals surface area contributed by atoms with E-state index in [1.54, 1.807) is 12.1 Å². The van der Waals surface area contributed by atoms with E-state index in [0.29, 0.717) is 5.75 Å². The van der Waals surface area contributed by atoms with Crippen LogP contribution in [0.5, 0.6) is 5.75 Å². The summed E-state index contributed by atoms with van der Waals surface area (Å²) in [6, 6.07) is 7.56. The number of nitrogens with zero attached hydrogens (tertiary/aromatic N) is 2. The monoisotopic (exact) mass is 302 g/mol. The summed E-state index contributed by atoms with van der Waals surface area (Å²) in [5.41, 5.74) is 2.65. The third-order valence-corrected chi connectivity index (χ3v) is 4.58. The molecule has 0 saturated carbocycles. The smallest absolute Gasteiger partial charge is 0.115 e. The lowest BCUT2D eigenvalue weighted by Gasteiger charge is -2.29. The zero-order chi connectivity index (χ0) is 15.2. The Labute approximate surface area is 133 Å². The summed E-state index contributed by atoms with van der Waals surface area (Å²) in [7, 11) is 0. The normalized spacial score (nSPS) is 20.8. The Morgan fingerprint density at radius 2 is 1.68 bits per heavy atom. The molecule has 2 heterocycles. The van der Waals surface area contributed by atoms with Gasteiger partial charge in [0.25, 0.3) is 0 Å². The number of rotatable bonds is 5. The van der Waals surface area contributed by atoms with Crippen LogP contribution in [0.4, 0.5) is 0 Å². The standard InChI is InChI=1S/C18H26N2O2/c21-18-4-2-16(3-5-18)17-6-10-19(11-7-17)8-1-9-20-12-14-22-15-13-20/h2-6,21H,1,7-15H2. The molecule has 0 unspecified atom stereocenters. The number of hydrogen-bond donors (Lipinski definition) is 1. The molecule has 0 atom stereocenters. The van der Waals surface area contributed by atoms with E-state index in [4.69, 9.17) is 4.74 Å². The number of phenols is 1. The number of aromatic hydroxyl groups is 1. The van der Waals surface area contributed by atoms with E-state index in [9.17, 15) is 5.11 Å². The van der Waals surface area contributed by atoms with Gasteiger partial charge in [-0.2, -0.15) is 0 Å². The van der Waals surface area contributed by atoms with Gasteiger partial charge in [-0.1, -0.05) is 18.2 Å². The summed E-state index contributed by atoms with van der Waals surface area (Å²) in [6.45, 7) is 8.50. The lowest BCUT2D eigenvalue weighted by molar-refractivity contribution is 0.0362. The fourth-order valence-corrected chi connectivity index (χ4v) is 3.19. The quantitative estimate of drug-likeness (QED) is 0.904. The maximum absolute atomic E-state index is 9.36. The van der Waals surface area contributed by atoms with Crippen molar-refractivity contribution in [3.05, 3.63) is 35.9 Å². The first kappa shape index (κ1) is 15.5. The molecule has 1 fully saturated rings. The Morgan fingerprint density at radius 1 is 0.955 bits per heavy atom. The Hall–Kier alpha value is -1.36. The molecule has 1 aromatic rings. The molecule has 22 heavy (non-hydrogen) atoms. The zero-order valence-electron chi connectivity index (χ0n) is 13.2. The van der Waals surface area contributed by atoms with Gasteiger partial charge in [0, 0.05) is 26.2 Å². The van der Waals surface area contributed by atoms with Crippen LogP contribution in [0.3, 0.4) is 0 Å². The molecule has 4 heteroatoms. The van der Waals surface area contributed by atoms with E-state index >= 15 is 0 Å². The molecule has 120 valence electrons. The molecular formula is C18H26N2O2. The third kappa shape index (κ3) is 4.32. The van der Waals surface area contributed by atoms with Crippen LogP contribution in [0.1, 0.15) is 18.4 Å². The molecule has 1 saturated heterocycles. The van der Waals surface area contributed by atoms with Gasteiger partial charge in [-0.3, -0.25) is 9.80 Å². The van der Waals surface area contributed by atoms with Crippen molar-refractivity contribution in [1.29, 1.82) is 0 Å². The van der Waals surface area contributed by atoms with Crippen LogP contribution in [-0.2, 0) is 4.74 Å². The maximum atomic E-state index is 9.36. The van der Waals surface area contributed by atoms with Crippen LogP contribution in [0, 0.1) is 0 Å². The number of phenolic OH excluding ortho intramolecular Hbond substituents is 1. The second kappa shape index (κ2) is 7.77. The summed E-state index contributed by atoms with van der Waals surface area (Å²) < 4.78 is 5.38. The van der Waals surface area contributed by atoms with E-state index in [0.717, 1.165) is 45.8 Å². The fraction of sp³-hybridized carbons (Fsp3) is 0.556. The first-order valence-electron chi connectivity index (χ1n) is 8.32. The molecule has 2 aliphatic rings. The molecule has 0 aliphatic carbocycles. The topological polar surface area (TPSA) is 35.9 Å². The van der Waals surface area contributed by atoms with Crippen molar-refractivity contribution < 1.29 is 9.84 Å². The van der Waals surface area contributed by atoms with Crippen LogP contribution in [0.2, 0.25) is 0 Å². The largest absolute Gasteiger partial charge is 0.508 e. The second-order valence-corrected chi connectivity index (χ2v) is 6.13. The lowest BCUT2D eigenvalue weighted by atomic mass is 9.99. The highest BCUT2D eigenvalue weighted by Gasteiger charge is 2.14. The summed E-state index contributed by atoms with van der Waals surface area (Å²) >= 11 is 0. The van der Waals surface area contributed by atoms with E-state index < -0.39 is 0 Å². The van der Waals surface area contributed by atoms with Crippen LogP contribution in [0.15, 0.2) is 30.3 Å². The molecule has 0 aromatic heterocycles. The van der Waals surface area contributed by atoms with Gasteiger partial charge in [0.05, 0.1) is 13.2 Å². The molecule has 0 amide bonds. The highest BCUT2D eigenvalue weighted by molar-refractivity contribution is 5.67. The Balaban J connectivity index is 1.41. The average molecular weight is 302 g/mol. The summed E-state index contributed by atoms with van der Waals surface area (Å²) in [5, 5.41) is 9.36. The van der Waals surface area contributed by atoms with Gasteiger partial charge in [-0.15, -0.1) is 0 Å². The van der Waals surface area contributed by atoms with Crippen molar-refractivity contribution in [3.63, 3.8) is 0 Å². The van der Waals surface area contributed by atoms with Gasteiger partial charge < -0.3 is 9.84 Å².